The van der Waals surface area contributed by atoms with E-state index in [-0.39, 0.29) is 18.1 Å². The van der Waals surface area contributed by atoms with E-state index in [1.54, 1.807) is 17.0 Å². The van der Waals surface area contributed by atoms with Gasteiger partial charge in [0.2, 0.25) is 5.91 Å². The second-order valence-electron chi connectivity index (χ2n) is 5.45. The Morgan fingerprint density at radius 3 is 2.68 bits per heavy atom. The SMILES string of the molecule is CCN(C(=O)Cc1csc(-c2cccc(Cl)c2)n1)c1ccc(F)cc1. The zero-order valence-electron chi connectivity index (χ0n) is 13.6. The van der Waals surface area contributed by atoms with Gasteiger partial charge in [-0.05, 0) is 43.3 Å². The fourth-order valence-electron chi connectivity index (χ4n) is 2.52. The van der Waals surface area contributed by atoms with E-state index in [0.717, 1.165) is 10.6 Å². The molecular weight excluding hydrogens is 359 g/mol. The van der Waals surface area contributed by atoms with Crippen LogP contribution in [0.25, 0.3) is 10.6 Å². The fourth-order valence-corrected chi connectivity index (χ4v) is 3.52. The second kappa shape index (κ2) is 7.76. The lowest BCUT2D eigenvalue weighted by molar-refractivity contribution is -0.118. The Labute approximate surface area is 154 Å². The lowest BCUT2D eigenvalue weighted by Gasteiger charge is -2.20. The fraction of sp³-hybridized carbons (Fsp3) is 0.158. The van der Waals surface area contributed by atoms with Crippen molar-refractivity contribution in [1.82, 2.24) is 4.98 Å². The van der Waals surface area contributed by atoms with E-state index in [9.17, 15) is 9.18 Å². The van der Waals surface area contributed by atoms with E-state index in [1.807, 2.05) is 36.6 Å². The van der Waals surface area contributed by atoms with Gasteiger partial charge in [-0.25, -0.2) is 9.37 Å². The molecule has 6 heteroatoms. The summed E-state index contributed by atoms with van der Waals surface area (Å²) in [5.74, 6) is -0.394. The molecule has 0 fully saturated rings. The molecule has 3 nitrogen and oxygen atoms in total. The molecule has 0 atom stereocenters. The molecule has 0 bridgehead atoms. The number of hydrogen-bond donors (Lipinski definition) is 0. The molecule has 25 heavy (non-hydrogen) atoms. The first kappa shape index (κ1) is 17.6. The number of thiazole rings is 1. The first-order chi connectivity index (χ1) is 12.1. The third kappa shape index (κ3) is 4.24. The molecule has 0 saturated heterocycles. The average molecular weight is 375 g/mol. The van der Waals surface area contributed by atoms with Gasteiger partial charge in [0.25, 0.3) is 0 Å². The van der Waals surface area contributed by atoms with E-state index in [0.29, 0.717) is 22.9 Å². The lowest BCUT2D eigenvalue weighted by Crippen LogP contribution is -2.32. The Kier molecular flexibility index (Phi) is 5.46. The van der Waals surface area contributed by atoms with Crippen LogP contribution in [0.4, 0.5) is 10.1 Å². The van der Waals surface area contributed by atoms with Crippen molar-refractivity contribution in [1.29, 1.82) is 0 Å². The highest BCUT2D eigenvalue weighted by Crippen LogP contribution is 2.26. The number of aromatic nitrogens is 1. The van der Waals surface area contributed by atoms with E-state index in [4.69, 9.17) is 11.6 Å². The monoisotopic (exact) mass is 374 g/mol. The summed E-state index contributed by atoms with van der Waals surface area (Å²) in [7, 11) is 0. The van der Waals surface area contributed by atoms with Gasteiger partial charge in [-0.3, -0.25) is 4.79 Å². The maximum absolute atomic E-state index is 13.1. The molecule has 1 amide bonds. The molecule has 0 N–H and O–H groups in total. The topological polar surface area (TPSA) is 33.2 Å². The third-order valence-electron chi connectivity index (χ3n) is 3.71. The van der Waals surface area contributed by atoms with Crippen molar-refractivity contribution in [2.75, 3.05) is 11.4 Å². The normalized spacial score (nSPS) is 10.7. The highest BCUT2D eigenvalue weighted by Gasteiger charge is 2.16. The number of nitrogens with zero attached hydrogens (tertiary/aromatic N) is 2. The van der Waals surface area contributed by atoms with Gasteiger partial charge in [0.05, 0.1) is 12.1 Å². The minimum atomic E-state index is -0.321. The van der Waals surface area contributed by atoms with Crippen LogP contribution in [0.5, 0.6) is 0 Å². The van der Waals surface area contributed by atoms with Gasteiger partial charge in [-0.2, -0.15) is 0 Å². The predicted octanol–water partition coefficient (Wildman–Crippen LogP) is 5.20. The number of anilines is 1. The molecule has 3 aromatic rings. The van der Waals surface area contributed by atoms with E-state index >= 15 is 0 Å². The van der Waals surface area contributed by atoms with Crippen LogP contribution in [0.15, 0.2) is 53.9 Å². The van der Waals surface area contributed by atoms with Gasteiger partial charge in [-0.1, -0.05) is 23.7 Å². The minimum absolute atomic E-state index is 0.0722. The number of benzene rings is 2. The van der Waals surface area contributed by atoms with Crippen LogP contribution in [0.1, 0.15) is 12.6 Å². The van der Waals surface area contributed by atoms with Crippen LogP contribution < -0.4 is 4.90 Å². The summed E-state index contributed by atoms with van der Waals surface area (Å²) in [4.78, 5) is 18.8. The first-order valence-corrected chi connectivity index (χ1v) is 9.09. The number of carbonyl (C=O) groups excluding carboxylic acids is 1. The molecule has 0 spiro atoms. The maximum Gasteiger partial charge on any atom is 0.233 e. The predicted molar refractivity (Wildman–Crippen MR) is 101 cm³/mol. The zero-order valence-corrected chi connectivity index (χ0v) is 15.1. The van der Waals surface area contributed by atoms with Crippen molar-refractivity contribution >= 4 is 34.5 Å². The molecule has 0 unspecified atom stereocenters. The van der Waals surface area contributed by atoms with Gasteiger partial charge >= 0.3 is 0 Å². The summed E-state index contributed by atoms with van der Waals surface area (Å²) >= 11 is 7.49. The highest BCUT2D eigenvalue weighted by atomic mass is 35.5. The molecule has 1 aromatic heterocycles. The van der Waals surface area contributed by atoms with Crippen molar-refractivity contribution in [3.8, 4) is 10.6 Å². The molecule has 1 heterocycles. The van der Waals surface area contributed by atoms with E-state index in [1.165, 1.54) is 23.5 Å². The molecule has 0 aliphatic heterocycles. The van der Waals surface area contributed by atoms with Gasteiger partial charge in [-0.15, -0.1) is 11.3 Å². The first-order valence-electron chi connectivity index (χ1n) is 7.83. The van der Waals surface area contributed by atoms with Crippen LogP contribution in [0.3, 0.4) is 0 Å². The Morgan fingerprint density at radius 2 is 2.00 bits per heavy atom. The molecule has 0 radical (unpaired) electrons. The van der Waals surface area contributed by atoms with Crippen molar-refractivity contribution in [3.05, 3.63) is 70.4 Å². The van der Waals surface area contributed by atoms with Crippen molar-refractivity contribution in [2.24, 2.45) is 0 Å². The van der Waals surface area contributed by atoms with Gasteiger partial charge < -0.3 is 4.90 Å². The summed E-state index contributed by atoms with van der Waals surface area (Å²) in [5.41, 5.74) is 2.33. The highest BCUT2D eigenvalue weighted by molar-refractivity contribution is 7.13. The Bertz CT molecular complexity index is 879. The summed E-state index contributed by atoms with van der Waals surface area (Å²) in [6.07, 6.45) is 0.197. The zero-order chi connectivity index (χ0) is 17.8. The van der Waals surface area contributed by atoms with Crippen LogP contribution in [0, 0.1) is 5.82 Å². The number of carbonyl (C=O) groups is 1. The van der Waals surface area contributed by atoms with Crippen molar-refractivity contribution in [2.45, 2.75) is 13.3 Å². The van der Waals surface area contributed by atoms with Gasteiger partial charge in [0.15, 0.2) is 0 Å². The Balaban J connectivity index is 1.75. The molecule has 0 saturated carbocycles. The van der Waals surface area contributed by atoms with Crippen LogP contribution in [-0.2, 0) is 11.2 Å². The number of amides is 1. The van der Waals surface area contributed by atoms with Crippen molar-refractivity contribution in [3.63, 3.8) is 0 Å². The van der Waals surface area contributed by atoms with Crippen LogP contribution in [-0.4, -0.2) is 17.4 Å². The summed E-state index contributed by atoms with van der Waals surface area (Å²) in [5, 5.41) is 3.36. The second-order valence-corrected chi connectivity index (χ2v) is 6.74. The van der Waals surface area contributed by atoms with Crippen molar-refractivity contribution < 1.29 is 9.18 Å². The summed E-state index contributed by atoms with van der Waals surface area (Å²) < 4.78 is 13.1. The lowest BCUT2D eigenvalue weighted by atomic mass is 10.2. The van der Waals surface area contributed by atoms with E-state index < -0.39 is 0 Å². The summed E-state index contributed by atoms with van der Waals surface area (Å²) in [6.45, 7) is 2.40. The number of hydrogen-bond acceptors (Lipinski definition) is 3. The third-order valence-corrected chi connectivity index (χ3v) is 4.89. The Morgan fingerprint density at radius 1 is 1.24 bits per heavy atom. The Hall–Kier alpha value is -2.24. The van der Waals surface area contributed by atoms with Gasteiger partial charge in [0, 0.05) is 28.2 Å². The minimum Gasteiger partial charge on any atom is -0.312 e. The maximum atomic E-state index is 13.1. The number of likely N-dealkylation sites (N-methyl/N-ethyl adjacent to an activating group) is 1. The van der Waals surface area contributed by atoms with Crippen LogP contribution >= 0.6 is 22.9 Å². The number of halogens is 2. The molecular formula is C19H16ClFN2OS. The summed E-state index contributed by atoms with van der Waals surface area (Å²) in [6, 6.07) is 13.4. The van der Waals surface area contributed by atoms with Gasteiger partial charge in [0.1, 0.15) is 10.8 Å². The molecule has 128 valence electrons. The van der Waals surface area contributed by atoms with E-state index in [2.05, 4.69) is 4.98 Å². The molecule has 0 aliphatic rings. The molecule has 0 aliphatic carbocycles. The standard InChI is InChI=1S/C19H16ClFN2OS/c1-2-23(17-8-6-15(21)7-9-17)18(24)11-16-12-25-19(22-16)13-4-3-5-14(20)10-13/h3-10,12H,2,11H2,1H3. The quantitative estimate of drug-likeness (QED) is 0.615. The largest absolute Gasteiger partial charge is 0.312 e. The molecule has 3 rings (SSSR count). The van der Waals surface area contributed by atoms with Crippen LogP contribution in [0.2, 0.25) is 5.02 Å². The smallest absolute Gasteiger partial charge is 0.233 e. The number of rotatable bonds is 5. The molecule has 2 aromatic carbocycles. The average Bonchev–Trinajstić information content (AvgIpc) is 3.06.